The number of hydrogen-bond donors (Lipinski definition) is 3. The van der Waals surface area contributed by atoms with Gasteiger partial charge in [-0.15, -0.1) is 0 Å². The minimum atomic E-state index is 0.573. The zero-order chi connectivity index (χ0) is 11.9. The fourth-order valence-corrected chi connectivity index (χ4v) is 3.76. The molecule has 2 fully saturated rings. The predicted molar refractivity (Wildman–Crippen MR) is 75.1 cm³/mol. The van der Waals surface area contributed by atoms with Crippen LogP contribution in [0.15, 0.2) is 4.99 Å². The van der Waals surface area contributed by atoms with E-state index in [1.54, 1.807) is 0 Å². The molecular formula is C12H24N4S. The third kappa shape index (κ3) is 4.39. The van der Waals surface area contributed by atoms with Crippen LogP contribution in [0.2, 0.25) is 0 Å². The Morgan fingerprint density at radius 2 is 1.94 bits per heavy atom. The van der Waals surface area contributed by atoms with Gasteiger partial charge in [-0.25, -0.2) is 5.84 Å². The first-order valence-corrected chi connectivity index (χ1v) is 7.82. The number of hydrazine groups is 1. The molecule has 4 N–H and O–H groups in total. The van der Waals surface area contributed by atoms with Gasteiger partial charge in [0.1, 0.15) is 0 Å². The van der Waals surface area contributed by atoms with E-state index in [0.29, 0.717) is 11.3 Å². The zero-order valence-electron chi connectivity index (χ0n) is 10.5. The Morgan fingerprint density at radius 1 is 1.18 bits per heavy atom. The zero-order valence-corrected chi connectivity index (χ0v) is 11.3. The second kappa shape index (κ2) is 7.11. The molecule has 1 saturated heterocycles. The molecule has 1 heterocycles. The summed E-state index contributed by atoms with van der Waals surface area (Å²) in [4.78, 5) is 4.58. The molecule has 4 nitrogen and oxygen atoms in total. The van der Waals surface area contributed by atoms with Crippen LogP contribution in [0.1, 0.15) is 44.9 Å². The summed E-state index contributed by atoms with van der Waals surface area (Å²) in [7, 11) is 0. The van der Waals surface area contributed by atoms with Crippen molar-refractivity contribution in [1.29, 1.82) is 0 Å². The standard InChI is InChI=1S/C12H24N4S/c13-16-12(15-10-5-1-2-6-10)14-9-11-7-3-4-8-17-11/h10-11H,1-9,13H2,(H2,14,15,16). The fourth-order valence-electron chi connectivity index (χ4n) is 2.54. The molecule has 1 atom stereocenters. The van der Waals surface area contributed by atoms with Crippen LogP contribution in [0, 0.1) is 0 Å². The Morgan fingerprint density at radius 3 is 2.59 bits per heavy atom. The topological polar surface area (TPSA) is 62.4 Å². The second-order valence-corrected chi connectivity index (χ2v) is 6.36. The summed E-state index contributed by atoms with van der Waals surface area (Å²) in [5.74, 6) is 7.59. The molecule has 98 valence electrons. The highest BCUT2D eigenvalue weighted by molar-refractivity contribution is 7.99. The van der Waals surface area contributed by atoms with E-state index < -0.39 is 0 Å². The van der Waals surface area contributed by atoms with E-state index in [4.69, 9.17) is 5.84 Å². The Bertz CT molecular complexity index is 245. The minimum absolute atomic E-state index is 0.573. The van der Waals surface area contributed by atoms with Gasteiger partial charge in [-0.3, -0.25) is 10.4 Å². The van der Waals surface area contributed by atoms with Crippen molar-refractivity contribution >= 4 is 17.7 Å². The summed E-state index contributed by atoms with van der Waals surface area (Å²) in [5, 5.41) is 4.10. The first kappa shape index (κ1) is 13.0. The number of nitrogens with two attached hydrogens (primary N) is 1. The van der Waals surface area contributed by atoms with Gasteiger partial charge >= 0.3 is 0 Å². The molecular weight excluding hydrogens is 232 g/mol. The predicted octanol–water partition coefficient (Wildman–Crippen LogP) is 1.62. The second-order valence-electron chi connectivity index (χ2n) is 4.95. The third-order valence-corrected chi connectivity index (χ3v) is 4.94. The van der Waals surface area contributed by atoms with Crippen LogP contribution in [-0.2, 0) is 0 Å². The number of aliphatic imine (C=N–C) groups is 1. The van der Waals surface area contributed by atoms with Crippen molar-refractivity contribution in [3.63, 3.8) is 0 Å². The highest BCUT2D eigenvalue weighted by Gasteiger charge is 2.17. The van der Waals surface area contributed by atoms with Gasteiger partial charge in [0.2, 0.25) is 5.96 Å². The van der Waals surface area contributed by atoms with E-state index in [9.17, 15) is 0 Å². The fraction of sp³-hybridized carbons (Fsp3) is 0.917. The molecule has 2 rings (SSSR count). The van der Waals surface area contributed by atoms with E-state index in [0.717, 1.165) is 12.5 Å². The number of guanidine groups is 1. The van der Waals surface area contributed by atoms with Gasteiger partial charge in [-0.05, 0) is 31.4 Å². The first-order chi connectivity index (χ1) is 8.38. The number of nitrogens with one attached hydrogen (secondary N) is 2. The quantitative estimate of drug-likeness (QED) is 0.311. The number of nitrogens with zero attached hydrogens (tertiary/aromatic N) is 1. The molecule has 1 saturated carbocycles. The van der Waals surface area contributed by atoms with Crippen molar-refractivity contribution in [1.82, 2.24) is 10.7 Å². The number of rotatable bonds is 3. The van der Waals surface area contributed by atoms with Crippen LogP contribution in [0.3, 0.4) is 0 Å². The summed E-state index contributed by atoms with van der Waals surface area (Å²) >= 11 is 2.05. The Hall–Kier alpha value is -0.420. The van der Waals surface area contributed by atoms with Crippen LogP contribution >= 0.6 is 11.8 Å². The highest BCUT2D eigenvalue weighted by atomic mass is 32.2. The molecule has 0 aromatic rings. The lowest BCUT2D eigenvalue weighted by molar-refractivity contribution is 0.610. The number of thioether (sulfide) groups is 1. The molecule has 1 unspecified atom stereocenters. The van der Waals surface area contributed by atoms with E-state index in [1.807, 2.05) is 0 Å². The Labute approximate surface area is 108 Å². The SMILES string of the molecule is NNC(=NCC1CCCCS1)NC1CCCC1. The molecule has 2 aliphatic rings. The molecule has 0 bridgehead atoms. The van der Waals surface area contributed by atoms with E-state index >= 15 is 0 Å². The van der Waals surface area contributed by atoms with Crippen molar-refractivity contribution in [2.24, 2.45) is 10.8 Å². The molecule has 1 aliphatic carbocycles. The van der Waals surface area contributed by atoms with Crippen molar-refractivity contribution in [3.8, 4) is 0 Å². The number of hydrogen-bond acceptors (Lipinski definition) is 3. The maximum Gasteiger partial charge on any atom is 0.205 e. The lowest BCUT2D eigenvalue weighted by atomic mass is 10.2. The van der Waals surface area contributed by atoms with E-state index in [2.05, 4.69) is 27.5 Å². The van der Waals surface area contributed by atoms with E-state index in [1.165, 1.54) is 50.7 Å². The molecule has 5 heteroatoms. The lowest BCUT2D eigenvalue weighted by Crippen LogP contribution is -2.46. The monoisotopic (exact) mass is 256 g/mol. The summed E-state index contributed by atoms with van der Waals surface area (Å²) in [6.07, 6.45) is 9.18. The molecule has 0 radical (unpaired) electrons. The van der Waals surface area contributed by atoms with Crippen LogP contribution in [0.4, 0.5) is 0 Å². The summed E-state index contributed by atoms with van der Waals surface area (Å²) < 4.78 is 0. The van der Waals surface area contributed by atoms with Gasteiger partial charge in [0.25, 0.3) is 0 Å². The van der Waals surface area contributed by atoms with Gasteiger partial charge in [0.05, 0.1) is 6.54 Å². The minimum Gasteiger partial charge on any atom is -0.353 e. The Kier molecular flexibility index (Phi) is 5.45. The summed E-state index contributed by atoms with van der Waals surface area (Å²) in [6, 6.07) is 0.573. The van der Waals surface area contributed by atoms with Crippen molar-refractivity contribution in [2.45, 2.75) is 56.2 Å². The van der Waals surface area contributed by atoms with Crippen LogP contribution in [0.25, 0.3) is 0 Å². The summed E-state index contributed by atoms with van der Waals surface area (Å²) in [6.45, 7) is 0.893. The normalized spacial score (nSPS) is 27.1. The van der Waals surface area contributed by atoms with Gasteiger partial charge < -0.3 is 5.32 Å². The van der Waals surface area contributed by atoms with E-state index in [-0.39, 0.29) is 0 Å². The highest BCUT2D eigenvalue weighted by Crippen LogP contribution is 2.25. The van der Waals surface area contributed by atoms with Crippen molar-refractivity contribution in [2.75, 3.05) is 12.3 Å². The molecule has 0 aromatic carbocycles. The van der Waals surface area contributed by atoms with Crippen molar-refractivity contribution in [3.05, 3.63) is 0 Å². The van der Waals surface area contributed by atoms with Crippen LogP contribution in [0.5, 0.6) is 0 Å². The molecule has 0 amide bonds. The van der Waals surface area contributed by atoms with Gasteiger partial charge in [0, 0.05) is 11.3 Å². The lowest BCUT2D eigenvalue weighted by Gasteiger charge is -2.20. The third-order valence-electron chi connectivity index (χ3n) is 3.56. The first-order valence-electron chi connectivity index (χ1n) is 6.77. The van der Waals surface area contributed by atoms with Crippen LogP contribution in [-0.4, -0.2) is 29.5 Å². The van der Waals surface area contributed by atoms with Crippen LogP contribution < -0.4 is 16.6 Å². The van der Waals surface area contributed by atoms with Gasteiger partial charge in [-0.1, -0.05) is 19.3 Å². The average molecular weight is 256 g/mol. The molecule has 0 aromatic heterocycles. The van der Waals surface area contributed by atoms with Crippen molar-refractivity contribution < 1.29 is 0 Å². The van der Waals surface area contributed by atoms with Gasteiger partial charge in [-0.2, -0.15) is 11.8 Å². The molecule has 17 heavy (non-hydrogen) atoms. The maximum atomic E-state index is 5.52. The van der Waals surface area contributed by atoms with Gasteiger partial charge in [0.15, 0.2) is 0 Å². The summed E-state index contributed by atoms with van der Waals surface area (Å²) in [5.41, 5.74) is 2.70. The molecule has 1 aliphatic heterocycles. The smallest absolute Gasteiger partial charge is 0.205 e. The molecule has 0 spiro atoms. The maximum absolute atomic E-state index is 5.52. The Balaban J connectivity index is 1.75. The largest absolute Gasteiger partial charge is 0.353 e. The average Bonchev–Trinajstić information content (AvgIpc) is 2.88.